The number of hydrogen-bond acceptors (Lipinski definition) is 4. The van der Waals surface area contributed by atoms with Gasteiger partial charge in [-0.1, -0.05) is 11.6 Å². The fraction of sp³-hybridized carbons (Fsp3) is 0.385. The summed E-state index contributed by atoms with van der Waals surface area (Å²) in [6.07, 6.45) is 0. The van der Waals surface area contributed by atoms with E-state index < -0.39 is 11.9 Å². The molecule has 0 aromatic heterocycles. The summed E-state index contributed by atoms with van der Waals surface area (Å²) in [5, 5.41) is 9.01. The van der Waals surface area contributed by atoms with E-state index in [1.54, 1.807) is 6.92 Å². The summed E-state index contributed by atoms with van der Waals surface area (Å²) in [5.74, 6) is -0.869. The Kier molecular flexibility index (Phi) is 5.64. The van der Waals surface area contributed by atoms with Crippen LogP contribution in [0.3, 0.4) is 0 Å². The number of likely N-dealkylation sites (N-methyl/N-ethyl adjacent to an activating group) is 1. The number of carboxylic acids is 1. The number of amides is 1. The van der Waals surface area contributed by atoms with Gasteiger partial charge in [-0.25, -0.2) is 0 Å². The maximum Gasteiger partial charge on any atom is 0.323 e. The van der Waals surface area contributed by atoms with E-state index in [1.165, 1.54) is 31.3 Å². The fourth-order valence-electron chi connectivity index (χ4n) is 1.71. The highest BCUT2D eigenvalue weighted by Gasteiger charge is 2.20. The minimum atomic E-state index is -1.08. The molecule has 0 saturated heterocycles. The molecular formula is C13H16ClNO5. The first-order valence-corrected chi connectivity index (χ1v) is 6.24. The molecule has 0 fully saturated rings. The highest BCUT2D eigenvalue weighted by Crippen LogP contribution is 2.36. The Hall–Kier alpha value is -1.95. The number of carbonyl (C=O) groups is 2. The van der Waals surface area contributed by atoms with E-state index in [2.05, 4.69) is 0 Å². The summed E-state index contributed by atoms with van der Waals surface area (Å²) in [5.41, 5.74) is 0.246. The van der Waals surface area contributed by atoms with Crippen LogP contribution < -0.4 is 9.47 Å². The molecule has 1 aromatic carbocycles. The molecule has 0 heterocycles. The molecule has 1 amide bonds. The first-order chi connectivity index (χ1) is 9.44. The number of methoxy groups -OCH3 is 2. The molecular weight excluding hydrogens is 286 g/mol. The van der Waals surface area contributed by atoms with Crippen LogP contribution in [0.5, 0.6) is 11.5 Å². The van der Waals surface area contributed by atoms with Gasteiger partial charge in [-0.2, -0.15) is 0 Å². The Morgan fingerprint density at radius 3 is 2.40 bits per heavy atom. The first kappa shape index (κ1) is 16.1. The third kappa shape index (κ3) is 3.54. The summed E-state index contributed by atoms with van der Waals surface area (Å²) in [4.78, 5) is 24.2. The highest BCUT2D eigenvalue weighted by molar-refractivity contribution is 6.32. The maximum absolute atomic E-state index is 12.2. The van der Waals surface area contributed by atoms with Crippen molar-refractivity contribution in [3.63, 3.8) is 0 Å². The lowest BCUT2D eigenvalue weighted by Gasteiger charge is -2.19. The van der Waals surface area contributed by atoms with Gasteiger partial charge in [0.05, 0.1) is 19.2 Å². The van der Waals surface area contributed by atoms with Gasteiger partial charge in [-0.3, -0.25) is 9.59 Å². The molecule has 1 aromatic rings. The van der Waals surface area contributed by atoms with E-state index in [1.807, 2.05) is 0 Å². The van der Waals surface area contributed by atoms with Crippen LogP contribution in [0.2, 0.25) is 5.02 Å². The molecule has 0 saturated carbocycles. The minimum absolute atomic E-state index is 0.224. The topological polar surface area (TPSA) is 76.1 Å². The lowest BCUT2D eigenvalue weighted by Crippen LogP contribution is -2.35. The summed E-state index contributed by atoms with van der Waals surface area (Å²) in [6.45, 7) is 1.60. The fourth-order valence-corrected chi connectivity index (χ4v) is 2.00. The Morgan fingerprint density at radius 2 is 1.95 bits per heavy atom. The van der Waals surface area contributed by atoms with Crippen LogP contribution >= 0.6 is 11.6 Å². The number of nitrogens with zero attached hydrogens (tertiary/aromatic N) is 1. The molecule has 0 atom stereocenters. The second-order valence-electron chi connectivity index (χ2n) is 3.91. The van der Waals surface area contributed by atoms with E-state index in [4.69, 9.17) is 26.2 Å². The first-order valence-electron chi connectivity index (χ1n) is 5.87. The number of aliphatic carboxylic acids is 1. The minimum Gasteiger partial charge on any atom is -0.493 e. The Morgan fingerprint density at radius 1 is 1.30 bits per heavy atom. The second-order valence-corrected chi connectivity index (χ2v) is 4.31. The number of halogens is 1. The summed E-state index contributed by atoms with van der Waals surface area (Å²) < 4.78 is 10.2. The number of benzene rings is 1. The van der Waals surface area contributed by atoms with Crippen molar-refractivity contribution in [2.45, 2.75) is 6.92 Å². The molecule has 1 N–H and O–H groups in total. The zero-order valence-electron chi connectivity index (χ0n) is 11.5. The lowest BCUT2D eigenvalue weighted by atomic mass is 10.1. The van der Waals surface area contributed by atoms with Crippen molar-refractivity contribution in [1.82, 2.24) is 4.90 Å². The average Bonchev–Trinajstić information content (AvgIpc) is 2.42. The largest absolute Gasteiger partial charge is 0.493 e. The Balaban J connectivity index is 3.15. The molecule has 0 spiro atoms. The van der Waals surface area contributed by atoms with E-state index in [-0.39, 0.29) is 23.7 Å². The third-order valence-electron chi connectivity index (χ3n) is 2.68. The molecule has 20 heavy (non-hydrogen) atoms. The monoisotopic (exact) mass is 301 g/mol. The van der Waals surface area contributed by atoms with E-state index in [0.717, 1.165) is 0 Å². The smallest absolute Gasteiger partial charge is 0.323 e. The molecule has 0 bridgehead atoms. The van der Waals surface area contributed by atoms with Crippen LogP contribution in [0.25, 0.3) is 0 Å². The molecule has 0 aliphatic heterocycles. The lowest BCUT2D eigenvalue weighted by molar-refractivity contribution is -0.137. The van der Waals surface area contributed by atoms with Gasteiger partial charge in [0.15, 0.2) is 11.5 Å². The van der Waals surface area contributed by atoms with Crippen molar-refractivity contribution >= 4 is 23.5 Å². The highest BCUT2D eigenvalue weighted by atomic mass is 35.5. The number of carbonyl (C=O) groups excluding carboxylic acids is 1. The summed E-state index contributed by atoms with van der Waals surface area (Å²) >= 11 is 6.02. The van der Waals surface area contributed by atoms with Gasteiger partial charge in [-0.05, 0) is 19.1 Å². The van der Waals surface area contributed by atoms with Gasteiger partial charge in [0.2, 0.25) is 0 Å². The zero-order valence-corrected chi connectivity index (χ0v) is 12.2. The SMILES string of the molecule is CCN(CC(=O)O)C(=O)c1cc(Cl)c(OC)c(OC)c1. The zero-order chi connectivity index (χ0) is 15.3. The van der Waals surface area contributed by atoms with Gasteiger partial charge in [0.1, 0.15) is 6.54 Å². The van der Waals surface area contributed by atoms with Crippen molar-refractivity contribution < 1.29 is 24.2 Å². The molecule has 0 aliphatic rings. The van der Waals surface area contributed by atoms with E-state index >= 15 is 0 Å². The molecule has 0 radical (unpaired) electrons. The summed E-state index contributed by atoms with van der Waals surface area (Å²) in [6, 6.07) is 2.90. The number of carboxylic acid groups (broad SMARTS) is 1. The second kappa shape index (κ2) is 7.00. The molecule has 7 heteroatoms. The molecule has 0 unspecified atom stereocenters. The van der Waals surface area contributed by atoms with Crippen LogP contribution in [0.15, 0.2) is 12.1 Å². The van der Waals surface area contributed by atoms with Gasteiger partial charge < -0.3 is 19.5 Å². The van der Waals surface area contributed by atoms with Gasteiger partial charge in [-0.15, -0.1) is 0 Å². The summed E-state index contributed by atoms with van der Waals surface area (Å²) in [7, 11) is 2.87. The van der Waals surface area contributed by atoms with Crippen LogP contribution in [-0.2, 0) is 4.79 Å². The van der Waals surface area contributed by atoms with Crippen molar-refractivity contribution in [1.29, 1.82) is 0 Å². The predicted octanol–water partition coefficient (Wildman–Crippen LogP) is 1.90. The molecule has 1 rings (SSSR count). The van der Waals surface area contributed by atoms with E-state index in [0.29, 0.717) is 11.5 Å². The van der Waals surface area contributed by atoms with Crippen molar-refractivity contribution in [2.24, 2.45) is 0 Å². The van der Waals surface area contributed by atoms with Crippen LogP contribution in [0.4, 0.5) is 0 Å². The molecule has 110 valence electrons. The molecule has 0 aliphatic carbocycles. The standard InChI is InChI=1S/C13H16ClNO5/c1-4-15(7-11(16)17)13(18)8-5-9(14)12(20-3)10(6-8)19-2/h5-6H,4,7H2,1-3H3,(H,16,17). The third-order valence-corrected chi connectivity index (χ3v) is 2.96. The number of ether oxygens (including phenoxy) is 2. The Bertz CT molecular complexity index is 518. The van der Waals surface area contributed by atoms with Gasteiger partial charge in [0.25, 0.3) is 5.91 Å². The normalized spacial score (nSPS) is 10.0. The quantitative estimate of drug-likeness (QED) is 0.868. The van der Waals surface area contributed by atoms with Crippen molar-refractivity contribution in [2.75, 3.05) is 27.3 Å². The Labute approximate surface area is 121 Å². The predicted molar refractivity (Wildman–Crippen MR) is 73.8 cm³/mol. The van der Waals surface area contributed by atoms with Gasteiger partial charge in [0, 0.05) is 12.1 Å². The van der Waals surface area contributed by atoms with Crippen LogP contribution in [0, 0.1) is 0 Å². The maximum atomic E-state index is 12.2. The number of hydrogen-bond donors (Lipinski definition) is 1. The number of rotatable bonds is 6. The van der Waals surface area contributed by atoms with Crippen molar-refractivity contribution in [3.05, 3.63) is 22.7 Å². The van der Waals surface area contributed by atoms with Crippen molar-refractivity contribution in [3.8, 4) is 11.5 Å². The average molecular weight is 302 g/mol. The van der Waals surface area contributed by atoms with Crippen LogP contribution in [0.1, 0.15) is 17.3 Å². The van der Waals surface area contributed by atoms with E-state index in [9.17, 15) is 9.59 Å². The molecule has 6 nitrogen and oxygen atoms in total. The van der Waals surface area contributed by atoms with Crippen LogP contribution in [-0.4, -0.2) is 49.2 Å². The van der Waals surface area contributed by atoms with Gasteiger partial charge >= 0.3 is 5.97 Å².